The van der Waals surface area contributed by atoms with Crippen molar-refractivity contribution in [1.82, 2.24) is 34.1 Å². The minimum atomic E-state index is -0.0465. The lowest BCUT2D eigenvalue weighted by molar-refractivity contribution is 0.0608. The molecule has 1 saturated heterocycles. The van der Waals surface area contributed by atoms with Crippen molar-refractivity contribution < 1.29 is 4.79 Å². The number of piperidine rings is 1. The Morgan fingerprint density at radius 2 is 2.04 bits per heavy atom. The van der Waals surface area contributed by atoms with Crippen LogP contribution in [-0.4, -0.2) is 46.5 Å². The molecule has 8 heteroatoms. The maximum atomic E-state index is 13.3. The highest BCUT2D eigenvalue weighted by molar-refractivity contribution is 5.99. The van der Waals surface area contributed by atoms with Gasteiger partial charge in [-0.05, 0) is 31.4 Å². The van der Waals surface area contributed by atoms with Crippen LogP contribution in [0.4, 0.5) is 0 Å². The van der Waals surface area contributed by atoms with Crippen LogP contribution in [0.3, 0.4) is 0 Å². The molecule has 4 aromatic heterocycles. The lowest BCUT2D eigenvalue weighted by Crippen LogP contribution is -2.39. The number of likely N-dealkylation sites (tertiary alicyclic amines) is 1. The molecule has 0 aliphatic carbocycles. The Kier molecular flexibility index (Phi) is 3.41. The van der Waals surface area contributed by atoms with Crippen LogP contribution < -0.4 is 0 Å². The van der Waals surface area contributed by atoms with E-state index < -0.39 is 0 Å². The molecule has 0 N–H and O–H groups in total. The first-order valence-corrected chi connectivity index (χ1v) is 8.71. The fraction of sp³-hybridized carbons (Fsp3) is 0.278. The van der Waals surface area contributed by atoms with Crippen LogP contribution in [-0.2, 0) is 0 Å². The molecule has 1 aliphatic rings. The minimum absolute atomic E-state index is 0.0430. The number of carbonyl (C=O) groups excluding carboxylic acids is 1. The fourth-order valence-corrected chi connectivity index (χ4v) is 3.63. The minimum Gasteiger partial charge on any atom is -0.330 e. The number of aromatic nitrogens is 6. The maximum Gasteiger partial charge on any atom is 0.259 e. The number of amides is 1. The van der Waals surface area contributed by atoms with E-state index in [2.05, 4.69) is 15.2 Å². The van der Waals surface area contributed by atoms with Crippen molar-refractivity contribution in [2.24, 2.45) is 0 Å². The normalized spacial score (nSPS) is 17.8. The predicted molar refractivity (Wildman–Crippen MR) is 93.6 cm³/mol. The zero-order valence-electron chi connectivity index (χ0n) is 14.1. The molecule has 0 bridgehead atoms. The summed E-state index contributed by atoms with van der Waals surface area (Å²) >= 11 is 0. The molecule has 1 atom stereocenters. The molecule has 0 aromatic carbocycles. The SMILES string of the molecule is O=C(c1cnn2cccnc12)N1CCCCC1c1ccn2nccc2n1. The highest BCUT2D eigenvalue weighted by Crippen LogP contribution is 2.31. The molecule has 0 saturated carbocycles. The Bertz CT molecular complexity index is 1100. The second kappa shape index (κ2) is 5.91. The van der Waals surface area contributed by atoms with E-state index in [1.165, 1.54) is 0 Å². The van der Waals surface area contributed by atoms with E-state index in [1.54, 1.807) is 39.9 Å². The van der Waals surface area contributed by atoms with Crippen LogP contribution in [0, 0.1) is 0 Å². The van der Waals surface area contributed by atoms with Crippen molar-refractivity contribution in [3.05, 3.63) is 60.4 Å². The van der Waals surface area contributed by atoms with Crippen molar-refractivity contribution >= 4 is 17.2 Å². The molecule has 26 heavy (non-hydrogen) atoms. The van der Waals surface area contributed by atoms with E-state index >= 15 is 0 Å². The third-order valence-corrected chi connectivity index (χ3v) is 4.89. The lowest BCUT2D eigenvalue weighted by atomic mass is 9.98. The number of hydrogen-bond acceptors (Lipinski definition) is 5. The smallest absolute Gasteiger partial charge is 0.259 e. The van der Waals surface area contributed by atoms with Crippen LogP contribution in [0.15, 0.2) is 49.2 Å². The molecule has 0 radical (unpaired) electrons. The Morgan fingerprint density at radius 1 is 1.08 bits per heavy atom. The molecule has 8 nitrogen and oxygen atoms in total. The van der Waals surface area contributed by atoms with E-state index in [9.17, 15) is 4.79 Å². The summed E-state index contributed by atoms with van der Waals surface area (Å²) in [4.78, 5) is 24.2. The molecule has 0 spiro atoms. The van der Waals surface area contributed by atoms with Gasteiger partial charge in [-0.2, -0.15) is 10.2 Å². The highest BCUT2D eigenvalue weighted by Gasteiger charge is 2.31. The van der Waals surface area contributed by atoms with Gasteiger partial charge in [0.2, 0.25) is 0 Å². The first kappa shape index (κ1) is 15.0. The van der Waals surface area contributed by atoms with Gasteiger partial charge < -0.3 is 4.90 Å². The molecule has 5 rings (SSSR count). The quantitative estimate of drug-likeness (QED) is 0.555. The number of fused-ring (bicyclic) bond motifs is 2. The van der Waals surface area contributed by atoms with Gasteiger partial charge in [0, 0.05) is 31.2 Å². The van der Waals surface area contributed by atoms with Gasteiger partial charge in [-0.1, -0.05) is 0 Å². The first-order valence-electron chi connectivity index (χ1n) is 8.71. The van der Waals surface area contributed by atoms with Crippen molar-refractivity contribution in [1.29, 1.82) is 0 Å². The molecule has 5 heterocycles. The number of rotatable bonds is 2. The third kappa shape index (κ3) is 2.33. The largest absolute Gasteiger partial charge is 0.330 e. The van der Waals surface area contributed by atoms with E-state index in [-0.39, 0.29) is 11.9 Å². The standard InChI is InChI=1S/C18H17N7O/c26-18(13-12-21-25-10-3-7-19-17(13)25)23-9-2-1-4-15(23)14-6-11-24-16(22-14)5-8-20-24/h3,5-8,10-12,15H,1-2,4,9H2. The number of nitrogens with zero attached hydrogens (tertiary/aromatic N) is 7. The van der Waals surface area contributed by atoms with Crippen molar-refractivity contribution in [2.75, 3.05) is 6.54 Å². The Labute approximate surface area is 149 Å². The lowest BCUT2D eigenvalue weighted by Gasteiger charge is -2.35. The van der Waals surface area contributed by atoms with Crippen LogP contribution in [0.5, 0.6) is 0 Å². The van der Waals surface area contributed by atoms with E-state index in [0.717, 1.165) is 30.6 Å². The highest BCUT2D eigenvalue weighted by atomic mass is 16.2. The molecular weight excluding hydrogens is 330 g/mol. The van der Waals surface area contributed by atoms with Crippen molar-refractivity contribution in [3.63, 3.8) is 0 Å². The third-order valence-electron chi connectivity index (χ3n) is 4.89. The van der Waals surface area contributed by atoms with Crippen LogP contribution in [0.2, 0.25) is 0 Å². The average Bonchev–Trinajstić information content (AvgIpc) is 3.33. The number of hydrogen-bond donors (Lipinski definition) is 0. The van der Waals surface area contributed by atoms with Gasteiger partial charge in [-0.15, -0.1) is 0 Å². The fourth-order valence-electron chi connectivity index (χ4n) is 3.63. The maximum absolute atomic E-state index is 13.3. The van der Waals surface area contributed by atoms with E-state index in [1.807, 2.05) is 23.2 Å². The van der Waals surface area contributed by atoms with E-state index in [4.69, 9.17) is 4.98 Å². The molecule has 130 valence electrons. The molecule has 1 aliphatic heterocycles. The second-order valence-corrected chi connectivity index (χ2v) is 6.44. The van der Waals surface area contributed by atoms with Gasteiger partial charge in [0.05, 0.1) is 24.1 Å². The summed E-state index contributed by atoms with van der Waals surface area (Å²) in [5, 5.41) is 8.43. The molecule has 1 fully saturated rings. The van der Waals surface area contributed by atoms with Gasteiger partial charge >= 0.3 is 0 Å². The predicted octanol–water partition coefficient (Wildman–Crippen LogP) is 2.14. The molecular formula is C18H17N7O. The van der Waals surface area contributed by atoms with Gasteiger partial charge in [0.25, 0.3) is 5.91 Å². The molecule has 1 unspecified atom stereocenters. The van der Waals surface area contributed by atoms with Gasteiger partial charge in [-0.25, -0.2) is 19.0 Å². The van der Waals surface area contributed by atoms with Crippen LogP contribution in [0.1, 0.15) is 41.4 Å². The first-order chi connectivity index (χ1) is 12.8. The Balaban J connectivity index is 1.54. The monoisotopic (exact) mass is 347 g/mol. The summed E-state index contributed by atoms with van der Waals surface area (Å²) in [6.45, 7) is 0.708. The summed E-state index contributed by atoms with van der Waals surface area (Å²) in [5.41, 5.74) is 2.80. The van der Waals surface area contributed by atoms with Gasteiger partial charge in [0.1, 0.15) is 5.56 Å². The second-order valence-electron chi connectivity index (χ2n) is 6.44. The Hall–Kier alpha value is -3.29. The summed E-state index contributed by atoms with van der Waals surface area (Å²) < 4.78 is 3.36. The van der Waals surface area contributed by atoms with Crippen LogP contribution in [0.25, 0.3) is 11.3 Å². The summed E-state index contributed by atoms with van der Waals surface area (Å²) in [6, 6.07) is 5.57. The van der Waals surface area contributed by atoms with Crippen molar-refractivity contribution in [2.45, 2.75) is 25.3 Å². The van der Waals surface area contributed by atoms with Crippen LogP contribution >= 0.6 is 0 Å². The zero-order chi connectivity index (χ0) is 17.5. The molecule has 1 amide bonds. The topological polar surface area (TPSA) is 80.7 Å². The number of carbonyl (C=O) groups is 1. The summed E-state index contributed by atoms with van der Waals surface area (Å²) in [7, 11) is 0. The van der Waals surface area contributed by atoms with E-state index in [0.29, 0.717) is 17.8 Å². The summed E-state index contributed by atoms with van der Waals surface area (Å²) in [6.07, 6.45) is 11.7. The zero-order valence-corrected chi connectivity index (χ0v) is 14.1. The Morgan fingerprint density at radius 3 is 3.00 bits per heavy atom. The van der Waals surface area contributed by atoms with Crippen molar-refractivity contribution in [3.8, 4) is 0 Å². The summed E-state index contributed by atoms with van der Waals surface area (Å²) in [5.74, 6) is -0.0430. The molecule has 4 aromatic rings. The van der Waals surface area contributed by atoms with Gasteiger partial charge in [-0.3, -0.25) is 4.79 Å². The average molecular weight is 347 g/mol. The van der Waals surface area contributed by atoms with Gasteiger partial charge in [0.15, 0.2) is 11.3 Å².